The van der Waals surface area contributed by atoms with E-state index in [1.165, 1.54) is 0 Å². The Morgan fingerprint density at radius 3 is 2.25 bits per heavy atom. The van der Waals surface area contributed by atoms with Gasteiger partial charge in [-0.15, -0.1) is 0 Å². The molecule has 0 spiro atoms. The normalized spacial score (nSPS) is 18.8. The summed E-state index contributed by atoms with van der Waals surface area (Å²) in [5.41, 5.74) is 4.23. The highest BCUT2D eigenvalue weighted by Crippen LogP contribution is 2.40. The van der Waals surface area contributed by atoms with Crippen LogP contribution in [0.15, 0.2) is 72.8 Å². The van der Waals surface area contributed by atoms with Crippen LogP contribution in [0.4, 0.5) is 16.2 Å². The minimum atomic E-state index is -0.548. The number of aliphatic hydroxyl groups is 2. The number of halogens is 1. The Morgan fingerprint density at radius 1 is 0.938 bits per heavy atom. The van der Waals surface area contributed by atoms with Crippen LogP contribution in [-0.2, 0) is 0 Å². The molecule has 6 heteroatoms. The van der Waals surface area contributed by atoms with Crippen LogP contribution in [0.25, 0.3) is 11.1 Å². The number of carbonyl (C=O) groups excluding carboxylic acids is 1. The number of amides is 2. The average Bonchev–Trinajstić information content (AvgIpc) is 3.28. The van der Waals surface area contributed by atoms with Gasteiger partial charge in [0.05, 0.1) is 6.10 Å². The van der Waals surface area contributed by atoms with Gasteiger partial charge in [0.1, 0.15) is 0 Å². The van der Waals surface area contributed by atoms with E-state index in [2.05, 4.69) is 10.6 Å². The van der Waals surface area contributed by atoms with Crippen molar-refractivity contribution >= 4 is 29.0 Å². The third-order valence-electron chi connectivity index (χ3n) is 6.17. The van der Waals surface area contributed by atoms with E-state index in [4.69, 9.17) is 11.6 Å². The first-order chi connectivity index (χ1) is 15.5. The zero-order valence-corrected chi connectivity index (χ0v) is 18.4. The molecule has 1 aliphatic carbocycles. The Balaban J connectivity index is 1.38. The van der Waals surface area contributed by atoms with E-state index in [-0.39, 0.29) is 24.5 Å². The number of hydrogen-bond donors (Lipinski definition) is 4. The lowest BCUT2D eigenvalue weighted by atomic mass is 9.87. The maximum atomic E-state index is 12.2. The van der Waals surface area contributed by atoms with Crippen molar-refractivity contribution in [1.82, 2.24) is 0 Å². The van der Waals surface area contributed by atoms with Gasteiger partial charge in [0, 0.05) is 23.0 Å². The molecule has 4 rings (SSSR count). The summed E-state index contributed by atoms with van der Waals surface area (Å²) in [5, 5.41) is 26.4. The first-order valence-electron chi connectivity index (χ1n) is 10.9. The Bertz CT molecular complexity index is 1050. The molecular weight excluding hydrogens is 424 g/mol. The van der Waals surface area contributed by atoms with Gasteiger partial charge in [-0.25, -0.2) is 4.79 Å². The number of aliphatic hydroxyl groups excluding tert-OH is 2. The van der Waals surface area contributed by atoms with Gasteiger partial charge in [-0.2, -0.15) is 0 Å². The number of urea groups is 1. The van der Waals surface area contributed by atoms with E-state index in [0.29, 0.717) is 16.4 Å². The van der Waals surface area contributed by atoms with Gasteiger partial charge < -0.3 is 20.8 Å². The first-order valence-corrected chi connectivity index (χ1v) is 11.2. The summed E-state index contributed by atoms with van der Waals surface area (Å²) < 4.78 is 0. The van der Waals surface area contributed by atoms with Crippen LogP contribution in [0, 0.1) is 11.8 Å². The van der Waals surface area contributed by atoms with Crippen molar-refractivity contribution in [3.63, 3.8) is 0 Å². The van der Waals surface area contributed by atoms with Crippen LogP contribution in [-0.4, -0.2) is 22.9 Å². The summed E-state index contributed by atoms with van der Waals surface area (Å²) in [6, 6.07) is 22.1. The van der Waals surface area contributed by atoms with Gasteiger partial charge in [-0.05, 0) is 71.7 Å². The van der Waals surface area contributed by atoms with E-state index in [9.17, 15) is 15.0 Å². The minimum absolute atomic E-state index is 0.120. The largest absolute Gasteiger partial charge is 0.396 e. The lowest BCUT2D eigenvalue weighted by molar-refractivity contribution is 0.0636. The number of carbonyl (C=O) groups is 1. The Kier molecular flexibility index (Phi) is 7.10. The predicted molar refractivity (Wildman–Crippen MR) is 129 cm³/mol. The van der Waals surface area contributed by atoms with Crippen molar-refractivity contribution in [1.29, 1.82) is 0 Å². The number of anilines is 2. The van der Waals surface area contributed by atoms with E-state index >= 15 is 0 Å². The molecule has 3 atom stereocenters. The van der Waals surface area contributed by atoms with E-state index in [1.54, 1.807) is 24.3 Å². The third-order valence-corrected chi connectivity index (χ3v) is 6.40. The molecule has 1 saturated carbocycles. The monoisotopic (exact) mass is 450 g/mol. The third kappa shape index (κ3) is 5.30. The van der Waals surface area contributed by atoms with E-state index in [1.807, 2.05) is 48.5 Å². The molecule has 32 heavy (non-hydrogen) atoms. The quantitative estimate of drug-likeness (QED) is 0.366. The van der Waals surface area contributed by atoms with Gasteiger partial charge in [-0.3, -0.25) is 0 Å². The van der Waals surface area contributed by atoms with Gasteiger partial charge in [-0.1, -0.05) is 60.5 Å². The molecule has 2 amide bonds. The molecule has 0 saturated heterocycles. The molecule has 4 N–H and O–H groups in total. The van der Waals surface area contributed by atoms with Crippen LogP contribution in [0.1, 0.15) is 30.9 Å². The van der Waals surface area contributed by atoms with Crippen molar-refractivity contribution in [2.45, 2.75) is 25.4 Å². The number of rotatable bonds is 6. The fourth-order valence-electron chi connectivity index (χ4n) is 4.43. The summed E-state index contributed by atoms with van der Waals surface area (Å²) in [6.45, 7) is 0.136. The van der Waals surface area contributed by atoms with Crippen molar-refractivity contribution in [3.8, 4) is 11.1 Å². The molecular formula is C26H27ClN2O3. The van der Waals surface area contributed by atoms with Crippen LogP contribution in [0.3, 0.4) is 0 Å². The second-order valence-electron chi connectivity index (χ2n) is 8.27. The number of hydrogen-bond acceptors (Lipinski definition) is 3. The molecule has 1 fully saturated rings. The number of nitrogens with one attached hydrogen (secondary N) is 2. The fraction of sp³-hybridized carbons (Fsp3) is 0.269. The fourth-order valence-corrected chi connectivity index (χ4v) is 4.62. The minimum Gasteiger partial charge on any atom is -0.396 e. The van der Waals surface area contributed by atoms with E-state index < -0.39 is 6.10 Å². The maximum Gasteiger partial charge on any atom is 0.323 e. The molecule has 0 aliphatic heterocycles. The van der Waals surface area contributed by atoms with E-state index in [0.717, 1.165) is 36.0 Å². The van der Waals surface area contributed by atoms with Crippen molar-refractivity contribution in [2.75, 3.05) is 17.2 Å². The second kappa shape index (κ2) is 10.2. The molecule has 5 nitrogen and oxygen atoms in total. The highest BCUT2D eigenvalue weighted by Gasteiger charge is 2.32. The molecule has 0 bridgehead atoms. The molecule has 2 unspecified atom stereocenters. The smallest absolute Gasteiger partial charge is 0.323 e. The van der Waals surface area contributed by atoms with Gasteiger partial charge in [0.25, 0.3) is 0 Å². The zero-order valence-electron chi connectivity index (χ0n) is 17.7. The number of benzene rings is 3. The maximum absolute atomic E-state index is 12.2. The average molecular weight is 451 g/mol. The summed E-state index contributed by atoms with van der Waals surface area (Å²) in [6.07, 6.45) is 2.44. The topological polar surface area (TPSA) is 81.6 Å². The van der Waals surface area contributed by atoms with Gasteiger partial charge >= 0.3 is 6.03 Å². The van der Waals surface area contributed by atoms with Crippen LogP contribution in [0.5, 0.6) is 0 Å². The Labute approximate surface area is 193 Å². The summed E-state index contributed by atoms with van der Waals surface area (Å²) >= 11 is 5.94. The van der Waals surface area contributed by atoms with Crippen molar-refractivity contribution in [3.05, 3.63) is 83.4 Å². The van der Waals surface area contributed by atoms with Crippen molar-refractivity contribution < 1.29 is 15.0 Å². The zero-order chi connectivity index (χ0) is 22.5. The summed E-state index contributed by atoms with van der Waals surface area (Å²) in [4.78, 5) is 12.2. The Hall–Kier alpha value is -2.86. The van der Waals surface area contributed by atoms with Gasteiger partial charge in [0.2, 0.25) is 0 Å². The second-order valence-corrected chi connectivity index (χ2v) is 8.71. The predicted octanol–water partition coefficient (Wildman–Crippen LogP) is 6.09. The van der Waals surface area contributed by atoms with Crippen LogP contribution < -0.4 is 10.6 Å². The molecule has 0 radical (unpaired) electrons. The Morgan fingerprint density at radius 2 is 1.59 bits per heavy atom. The van der Waals surface area contributed by atoms with Crippen LogP contribution >= 0.6 is 11.6 Å². The molecule has 1 aliphatic rings. The standard InChI is InChI=1S/C26H27ClN2O3/c27-21-4-2-5-23(15-21)29-26(32)28-22-13-11-18(12-14-22)17-7-9-19(10-8-17)25(31)24-6-1-3-20(24)16-30/h2,4-5,7-15,20,24-25,30-31H,1,3,6,16H2,(H2,28,29,32)/t20-,24?,25?/m1/s1. The molecule has 0 aromatic heterocycles. The van der Waals surface area contributed by atoms with Crippen LogP contribution in [0.2, 0.25) is 5.02 Å². The molecule has 3 aromatic carbocycles. The summed E-state index contributed by atoms with van der Waals surface area (Å²) in [5.74, 6) is 0.301. The van der Waals surface area contributed by atoms with Gasteiger partial charge in [0.15, 0.2) is 0 Å². The SMILES string of the molecule is O=C(Nc1ccc(-c2ccc(C(O)C3CCC[C@@H]3CO)cc2)cc1)Nc1cccc(Cl)c1. The lowest BCUT2D eigenvalue weighted by Crippen LogP contribution is -2.19. The molecule has 3 aromatic rings. The highest BCUT2D eigenvalue weighted by molar-refractivity contribution is 6.30. The highest BCUT2D eigenvalue weighted by atomic mass is 35.5. The van der Waals surface area contributed by atoms with Crippen molar-refractivity contribution in [2.24, 2.45) is 11.8 Å². The first kappa shape index (κ1) is 22.3. The molecule has 166 valence electrons. The summed E-state index contributed by atoms with van der Waals surface area (Å²) in [7, 11) is 0. The molecule has 0 heterocycles. The lowest BCUT2D eigenvalue weighted by Gasteiger charge is -2.24.